The topological polar surface area (TPSA) is 32.7 Å². The summed E-state index contributed by atoms with van der Waals surface area (Å²) in [4.78, 5) is 2.45. The normalized spacial score (nSPS) is 30.5. The molecule has 110 valence electrons. The molecular weight excluding hydrogens is 250 g/mol. The van der Waals surface area contributed by atoms with Crippen LogP contribution in [0.4, 0.5) is 0 Å². The van der Waals surface area contributed by atoms with Crippen molar-refractivity contribution in [3.63, 3.8) is 0 Å². The van der Waals surface area contributed by atoms with E-state index in [9.17, 15) is 5.11 Å². The monoisotopic (exact) mass is 275 g/mol. The molecule has 2 saturated heterocycles. The Kier molecular flexibility index (Phi) is 3.74. The van der Waals surface area contributed by atoms with Crippen molar-refractivity contribution in [1.29, 1.82) is 0 Å². The molecule has 2 unspecified atom stereocenters. The van der Waals surface area contributed by atoms with Gasteiger partial charge in [0.2, 0.25) is 0 Å². The van der Waals surface area contributed by atoms with Crippen molar-refractivity contribution in [2.45, 2.75) is 57.3 Å². The highest BCUT2D eigenvalue weighted by atomic mass is 16.5. The second kappa shape index (κ2) is 5.38. The zero-order valence-corrected chi connectivity index (χ0v) is 12.5. The van der Waals surface area contributed by atoms with E-state index in [1.165, 1.54) is 12.8 Å². The number of ether oxygens (including phenoxy) is 1. The SMILES string of the molecule is CC(C)Oc1ccccc1C1(O)CCN2CCCCC21. The Morgan fingerprint density at radius 3 is 2.85 bits per heavy atom. The number of benzene rings is 1. The van der Waals surface area contributed by atoms with Crippen LogP contribution < -0.4 is 4.74 Å². The molecule has 2 aliphatic rings. The average molecular weight is 275 g/mol. The quantitative estimate of drug-likeness (QED) is 0.920. The first-order valence-electron chi connectivity index (χ1n) is 7.84. The van der Waals surface area contributed by atoms with E-state index in [1.807, 2.05) is 38.1 Å². The summed E-state index contributed by atoms with van der Waals surface area (Å²) in [6, 6.07) is 8.27. The van der Waals surface area contributed by atoms with Crippen LogP contribution >= 0.6 is 0 Å². The van der Waals surface area contributed by atoms with Crippen LogP contribution in [-0.4, -0.2) is 35.2 Å². The molecule has 1 N–H and O–H groups in total. The minimum atomic E-state index is -0.744. The fourth-order valence-electron chi connectivity index (χ4n) is 3.78. The minimum absolute atomic E-state index is 0.128. The van der Waals surface area contributed by atoms with Crippen LogP contribution in [0.15, 0.2) is 24.3 Å². The summed E-state index contributed by atoms with van der Waals surface area (Å²) >= 11 is 0. The molecule has 0 aromatic heterocycles. The van der Waals surface area contributed by atoms with E-state index in [0.29, 0.717) is 0 Å². The molecule has 1 aromatic rings. The van der Waals surface area contributed by atoms with Gasteiger partial charge in [0, 0.05) is 18.2 Å². The van der Waals surface area contributed by atoms with E-state index in [2.05, 4.69) is 4.90 Å². The number of para-hydroxylation sites is 1. The fourth-order valence-corrected chi connectivity index (χ4v) is 3.78. The van der Waals surface area contributed by atoms with E-state index < -0.39 is 5.60 Å². The number of fused-ring (bicyclic) bond motifs is 1. The van der Waals surface area contributed by atoms with Crippen molar-refractivity contribution in [2.75, 3.05) is 13.1 Å². The Hall–Kier alpha value is -1.06. The van der Waals surface area contributed by atoms with Crippen LogP contribution in [0.2, 0.25) is 0 Å². The summed E-state index contributed by atoms with van der Waals surface area (Å²) in [7, 11) is 0. The highest BCUT2D eigenvalue weighted by molar-refractivity contribution is 5.40. The smallest absolute Gasteiger partial charge is 0.125 e. The maximum absolute atomic E-state index is 11.3. The number of aliphatic hydroxyl groups is 1. The molecule has 0 bridgehead atoms. The summed E-state index contributed by atoms with van der Waals surface area (Å²) in [5.74, 6) is 0.845. The van der Waals surface area contributed by atoms with E-state index in [-0.39, 0.29) is 12.1 Å². The van der Waals surface area contributed by atoms with Gasteiger partial charge < -0.3 is 9.84 Å². The predicted octanol–water partition coefficient (Wildman–Crippen LogP) is 2.92. The molecule has 2 heterocycles. The summed E-state index contributed by atoms with van der Waals surface area (Å²) in [6.45, 7) is 6.18. The summed E-state index contributed by atoms with van der Waals surface area (Å²) < 4.78 is 5.92. The molecule has 3 nitrogen and oxygen atoms in total. The van der Waals surface area contributed by atoms with Gasteiger partial charge in [0.1, 0.15) is 11.4 Å². The van der Waals surface area contributed by atoms with E-state index in [1.54, 1.807) is 0 Å². The third-order valence-electron chi connectivity index (χ3n) is 4.66. The second-order valence-corrected chi connectivity index (χ2v) is 6.38. The lowest BCUT2D eigenvalue weighted by atomic mass is 9.82. The largest absolute Gasteiger partial charge is 0.491 e. The first-order chi connectivity index (χ1) is 9.61. The Labute approximate surface area is 121 Å². The molecule has 20 heavy (non-hydrogen) atoms. The van der Waals surface area contributed by atoms with Gasteiger partial charge in [-0.2, -0.15) is 0 Å². The van der Waals surface area contributed by atoms with Crippen LogP contribution in [0.3, 0.4) is 0 Å². The van der Waals surface area contributed by atoms with Crippen LogP contribution in [0.5, 0.6) is 5.75 Å². The van der Waals surface area contributed by atoms with Crippen LogP contribution in [0.25, 0.3) is 0 Å². The Morgan fingerprint density at radius 1 is 1.25 bits per heavy atom. The fraction of sp³-hybridized carbons (Fsp3) is 0.647. The van der Waals surface area contributed by atoms with Crippen LogP contribution in [0, 0.1) is 0 Å². The zero-order chi connectivity index (χ0) is 14.2. The first kappa shape index (κ1) is 13.9. The van der Waals surface area contributed by atoms with Crippen molar-refractivity contribution < 1.29 is 9.84 Å². The molecule has 0 aliphatic carbocycles. The van der Waals surface area contributed by atoms with Gasteiger partial charge in [-0.15, -0.1) is 0 Å². The highest BCUT2D eigenvalue weighted by Crippen LogP contribution is 2.45. The minimum Gasteiger partial charge on any atom is -0.491 e. The lowest BCUT2D eigenvalue weighted by Gasteiger charge is -2.38. The van der Waals surface area contributed by atoms with Crippen molar-refractivity contribution in [3.05, 3.63) is 29.8 Å². The van der Waals surface area contributed by atoms with Gasteiger partial charge in [0.05, 0.1) is 6.10 Å². The van der Waals surface area contributed by atoms with Crippen LogP contribution in [0.1, 0.15) is 45.1 Å². The van der Waals surface area contributed by atoms with Gasteiger partial charge >= 0.3 is 0 Å². The first-order valence-corrected chi connectivity index (χ1v) is 7.84. The summed E-state index contributed by atoms with van der Waals surface area (Å²) in [6.07, 6.45) is 4.51. The maximum Gasteiger partial charge on any atom is 0.125 e. The second-order valence-electron chi connectivity index (χ2n) is 6.38. The van der Waals surface area contributed by atoms with Crippen molar-refractivity contribution >= 4 is 0 Å². The molecule has 2 aliphatic heterocycles. The van der Waals surface area contributed by atoms with E-state index in [4.69, 9.17) is 4.74 Å². The number of hydrogen-bond donors (Lipinski definition) is 1. The van der Waals surface area contributed by atoms with Gasteiger partial charge in [-0.05, 0) is 45.7 Å². The van der Waals surface area contributed by atoms with Gasteiger partial charge in [0.15, 0.2) is 0 Å². The van der Waals surface area contributed by atoms with E-state index in [0.717, 1.165) is 37.2 Å². The molecule has 3 heteroatoms. The lowest BCUT2D eigenvalue weighted by Crippen LogP contribution is -2.45. The summed E-state index contributed by atoms with van der Waals surface area (Å²) in [5, 5.41) is 11.3. The molecule has 0 spiro atoms. The molecule has 0 radical (unpaired) electrons. The van der Waals surface area contributed by atoms with Gasteiger partial charge in [-0.3, -0.25) is 4.90 Å². The zero-order valence-electron chi connectivity index (χ0n) is 12.5. The molecular formula is C17H25NO2. The lowest BCUT2D eigenvalue weighted by molar-refractivity contribution is -0.0163. The Bertz CT molecular complexity index is 474. The Balaban J connectivity index is 1.95. The van der Waals surface area contributed by atoms with Crippen molar-refractivity contribution in [2.24, 2.45) is 0 Å². The summed E-state index contributed by atoms with van der Waals surface area (Å²) in [5.41, 5.74) is 0.231. The predicted molar refractivity (Wildman–Crippen MR) is 79.9 cm³/mol. The number of piperidine rings is 1. The third-order valence-corrected chi connectivity index (χ3v) is 4.66. The molecule has 1 aromatic carbocycles. The number of nitrogens with zero attached hydrogens (tertiary/aromatic N) is 1. The third kappa shape index (κ3) is 2.33. The standard InChI is InChI=1S/C17H25NO2/c1-13(2)20-15-8-4-3-7-14(15)17(19)10-12-18-11-6-5-9-16(17)18/h3-4,7-8,13,16,19H,5-6,9-12H2,1-2H3. The van der Waals surface area contributed by atoms with Crippen LogP contribution in [-0.2, 0) is 5.60 Å². The molecule has 2 fully saturated rings. The number of rotatable bonds is 3. The van der Waals surface area contributed by atoms with Gasteiger partial charge in [-0.1, -0.05) is 24.6 Å². The number of hydrogen-bond acceptors (Lipinski definition) is 3. The Morgan fingerprint density at radius 2 is 2.05 bits per heavy atom. The molecule has 3 rings (SSSR count). The van der Waals surface area contributed by atoms with Gasteiger partial charge in [-0.25, -0.2) is 0 Å². The molecule has 0 amide bonds. The van der Waals surface area contributed by atoms with Crippen molar-refractivity contribution in [3.8, 4) is 5.75 Å². The maximum atomic E-state index is 11.3. The van der Waals surface area contributed by atoms with E-state index >= 15 is 0 Å². The molecule has 0 saturated carbocycles. The molecule has 2 atom stereocenters. The average Bonchev–Trinajstić information content (AvgIpc) is 2.78. The highest BCUT2D eigenvalue weighted by Gasteiger charge is 2.49. The van der Waals surface area contributed by atoms with Gasteiger partial charge in [0.25, 0.3) is 0 Å². The van der Waals surface area contributed by atoms with Crippen molar-refractivity contribution in [1.82, 2.24) is 4.90 Å².